The first-order chi connectivity index (χ1) is 8.74. The van der Waals surface area contributed by atoms with E-state index in [-0.39, 0.29) is 0 Å². The highest BCUT2D eigenvalue weighted by Crippen LogP contribution is 2.20. The van der Waals surface area contributed by atoms with E-state index in [2.05, 4.69) is 39.2 Å². The normalized spacial score (nSPS) is 11.0. The minimum absolute atomic E-state index is 0.818. The van der Waals surface area contributed by atoms with E-state index in [1.165, 1.54) is 16.5 Å². The molecule has 0 radical (unpaired) electrons. The van der Waals surface area contributed by atoms with Gasteiger partial charge in [-0.15, -0.1) is 0 Å². The largest absolute Gasteiger partial charge is 0.361 e. The molecule has 2 heterocycles. The van der Waals surface area contributed by atoms with Gasteiger partial charge in [-0.2, -0.15) is 0 Å². The standard InChI is InChI=1S/C15H15N3/c1-10-9-17-11(2)14(18-10)8-13-5-3-4-12-6-7-16-15(12)13/h3-7,9,16H,8H2,1-2H3. The van der Waals surface area contributed by atoms with Crippen LogP contribution in [0.2, 0.25) is 0 Å². The van der Waals surface area contributed by atoms with Crippen molar-refractivity contribution in [3.63, 3.8) is 0 Å². The molecule has 0 spiro atoms. The van der Waals surface area contributed by atoms with Crippen molar-refractivity contribution in [3.8, 4) is 0 Å². The number of aromatic amines is 1. The monoisotopic (exact) mass is 237 g/mol. The molecule has 3 nitrogen and oxygen atoms in total. The van der Waals surface area contributed by atoms with Gasteiger partial charge in [0.25, 0.3) is 0 Å². The maximum Gasteiger partial charge on any atom is 0.0663 e. The molecule has 2 aromatic heterocycles. The quantitative estimate of drug-likeness (QED) is 0.743. The lowest BCUT2D eigenvalue weighted by Crippen LogP contribution is -2.00. The molecule has 0 atom stereocenters. The maximum atomic E-state index is 4.58. The average Bonchev–Trinajstić information content (AvgIpc) is 2.83. The Morgan fingerprint density at radius 1 is 1.17 bits per heavy atom. The maximum absolute atomic E-state index is 4.58. The molecule has 0 unspecified atom stereocenters. The lowest BCUT2D eigenvalue weighted by atomic mass is 10.1. The van der Waals surface area contributed by atoms with Gasteiger partial charge in [0.05, 0.1) is 17.1 Å². The van der Waals surface area contributed by atoms with Gasteiger partial charge in [-0.1, -0.05) is 18.2 Å². The number of nitrogens with zero attached hydrogens (tertiary/aromatic N) is 2. The van der Waals surface area contributed by atoms with Gasteiger partial charge in [0.1, 0.15) is 0 Å². The van der Waals surface area contributed by atoms with Crippen molar-refractivity contribution in [2.24, 2.45) is 0 Å². The molecule has 0 aliphatic heterocycles. The molecular weight excluding hydrogens is 222 g/mol. The van der Waals surface area contributed by atoms with E-state index >= 15 is 0 Å². The van der Waals surface area contributed by atoms with Crippen molar-refractivity contribution in [2.45, 2.75) is 20.3 Å². The SMILES string of the molecule is Cc1cnc(C)c(Cc2cccc3cc[nH]c23)n1. The average molecular weight is 237 g/mol. The predicted molar refractivity (Wildman–Crippen MR) is 72.6 cm³/mol. The Morgan fingerprint density at radius 2 is 2.06 bits per heavy atom. The van der Waals surface area contributed by atoms with Crippen LogP contribution in [0.15, 0.2) is 36.7 Å². The molecule has 0 saturated heterocycles. The molecule has 18 heavy (non-hydrogen) atoms. The van der Waals surface area contributed by atoms with Crippen LogP contribution in [0.25, 0.3) is 10.9 Å². The van der Waals surface area contributed by atoms with Crippen LogP contribution < -0.4 is 0 Å². The summed E-state index contributed by atoms with van der Waals surface area (Å²) >= 11 is 0. The Morgan fingerprint density at radius 3 is 2.94 bits per heavy atom. The minimum atomic E-state index is 0.818. The first kappa shape index (κ1) is 11.0. The predicted octanol–water partition coefficient (Wildman–Crippen LogP) is 3.17. The lowest BCUT2D eigenvalue weighted by molar-refractivity contribution is 0.953. The van der Waals surface area contributed by atoms with Crippen LogP contribution in [0.5, 0.6) is 0 Å². The summed E-state index contributed by atoms with van der Waals surface area (Å²) in [6.07, 6.45) is 4.61. The van der Waals surface area contributed by atoms with Gasteiger partial charge >= 0.3 is 0 Å². The number of rotatable bonds is 2. The van der Waals surface area contributed by atoms with Crippen LogP contribution in [-0.2, 0) is 6.42 Å². The van der Waals surface area contributed by atoms with Crippen LogP contribution in [0, 0.1) is 13.8 Å². The van der Waals surface area contributed by atoms with Gasteiger partial charge in [-0.3, -0.25) is 9.97 Å². The molecule has 0 fully saturated rings. The molecule has 3 aromatic rings. The number of aromatic nitrogens is 3. The fourth-order valence-electron chi connectivity index (χ4n) is 2.23. The molecule has 1 N–H and O–H groups in total. The van der Waals surface area contributed by atoms with Gasteiger partial charge in [0.15, 0.2) is 0 Å². The Bertz CT molecular complexity index is 698. The van der Waals surface area contributed by atoms with E-state index < -0.39 is 0 Å². The van der Waals surface area contributed by atoms with Crippen LogP contribution in [0.3, 0.4) is 0 Å². The van der Waals surface area contributed by atoms with Gasteiger partial charge in [0.2, 0.25) is 0 Å². The second-order valence-corrected chi connectivity index (χ2v) is 4.58. The molecule has 0 amide bonds. The summed E-state index contributed by atoms with van der Waals surface area (Å²) in [5.74, 6) is 0. The number of hydrogen-bond donors (Lipinski definition) is 1. The van der Waals surface area contributed by atoms with E-state index in [0.29, 0.717) is 0 Å². The lowest BCUT2D eigenvalue weighted by Gasteiger charge is -2.06. The van der Waals surface area contributed by atoms with Crippen molar-refractivity contribution >= 4 is 10.9 Å². The zero-order valence-electron chi connectivity index (χ0n) is 10.6. The van der Waals surface area contributed by atoms with E-state index in [1.807, 2.05) is 26.2 Å². The number of H-pyrrole nitrogens is 1. The molecular formula is C15H15N3. The summed E-state index contributed by atoms with van der Waals surface area (Å²) < 4.78 is 0. The topological polar surface area (TPSA) is 41.6 Å². The molecule has 3 heteroatoms. The molecule has 3 rings (SSSR count). The van der Waals surface area contributed by atoms with E-state index in [9.17, 15) is 0 Å². The molecule has 90 valence electrons. The highest BCUT2D eigenvalue weighted by molar-refractivity contribution is 5.82. The van der Waals surface area contributed by atoms with E-state index in [4.69, 9.17) is 0 Å². The van der Waals surface area contributed by atoms with Crippen molar-refractivity contribution in [1.82, 2.24) is 15.0 Å². The molecule has 0 saturated carbocycles. The van der Waals surface area contributed by atoms with Crippen LogP contribution in [0.1, 0.15) is 22.6 Å². The van der Waals surface area contributed by atoms with Gasteiger partial charge in [0, 0.05) is 24.3 Å². The summed E-state index contributed by atoms with van der Waals surface area (Å²) in [5, 5.41) is 1.24. The third-order valence-corrected chi connectivity index (χ3v) is 3.21. The molecule has 0 aliphatic carbocycles. The van der Waals surface area contributed by atoms with Crippen LogP contribution >= 0.6 is 0 Å². The van der Waals surface area contributed by atoms with Crippen LogP contribution in [-0.4, -0.2) is 15.0 Å². The number of fused-ring (bicyclic) bond motifs is 1. The number of aryl methyl sites for hydroxylation is 2. The van der Waals surface area contributed by atoms with Gasteiger partial charge in [-0.25, -0.2) is 0 Å². The fraction of sp³-hybridized carbons (Fsp3) is 0.200. The van der Waals surface area contributed by atoms with Gasteiger partial charge in [-0.05, 0) is 30.9 Å². The third kappa shape index (κ3) is 1.88. The first-order valence-electron chi connectivity index (χ1n) is 6.08. The smallest absolute Gasteiger partial charge is 0.0663 e. The minimum Gasteiger partial charge on any atom is -0.361 e. The van der Waals surface area contributed by atoms with Crippen LogP contribution in [0.4, 0.5) is 0 Å². The zero-order chi connectivity index (χ0) is 12.5. The first-order valence-corrected chi connectivity index (χ1v) is 6.08. The van der Waals surface area contributed by atoms with E-state index in [0.717, 1.165) is 23.5 Å². The Balaban J connectivity index is 2.06. The summed E-state index contributed by atoms with van der Waals surface area (Å²) in [5.41, 5.74) is 5.48. The highest BCUT2D eigenvalue weighted by Gasteiger charge is 2.07. The van der Waals surface area contributed by atoms with E-state index in [1.54, 1.807) is 0 Å². The third-order valence-electron chi connectivity index (χ3n) is 3.21. The highest BCUT2D eigenvalue weighted by atomic mass is 14.8. The number of para-hydroxylation sites is 1. The van der Waals surface area contributed by atoms with Crippen molar-refractivity contribution in [3.05, 3.63) is 59.3 Å². The second-order valence-electron chi connectivity index (χ2n) is 4.58. The Labute approximate surface area is 106 Å². The summed E-state index contributed by atoms with van der Waals surface area (Å²) in [6, 6.07) is 8.43. The van der Waals surface area contributed by atoms with Crippen molar-refractivity contribution < 1.29 is 0 Å². The Kier molecular flexibility index (Phi) is 2.59. The number of benzene rings is 1. The van der Waals surface area contributed by atoms with Crippen molar-refractivity contribution in [1.29, 1.82) is 0 Å². The zero-order valence-corrected chi connectivity index (χ0v) is 10.6. The summed E-state index contributed by atoms with van der Waals surface area (Å²) in [4.78, 5) is 12.2. The molecule has 0 aliphatic rings. The summed E-state index contributed by atoms with van der Waals surface area (Å²) in [7, 11) is 0. The molecule has 1 aromatic carbocycles. The number of hydrogen-bond acceptors (Lipinski definition) is 2. The van der Waals surface area contributed by atoms with Crippen molar-refractivity contribution in [2.75, 3.05) is 0 Å². The number of nitrogens with one attached hydrogen (secondary N) is 1. The Hall–Kier alpha value is -2.16. The molecule has 0 bridgehead atoms. The second kappa shape index (κ2) is 4.26. The fourth-order valence-corrected chi connectivity index (χ4v) is 2.23. The summed E-state index contributed by atoms with van der Waals surface area (Å²) in [6.45, 7) is 3.99. The van der Waals surface area contributed by atoms with Gasteiger partial charge < -0.3 is 4.98 Å².